The van der Waals surface area contributed by atoms with Crippen molar-refractivity contribution in [1.29, 1.82) is 0 Å². The van der Waals surface area contributed by atoms with E-state index in [1.165, 1.54) is 24.3 Å². The second kappa shape index (κ2) is 6.57. The van der Waals surface area contributed by atoms with Crippen molar-refractivity contribution in [2.24, 2.45) is 0 Å². The van der Waals surface area contributed by atoms with E-state index in [9.17, 15) is 13.2 Å². The van der Waals surface area contributed by atoms with E-state index in [2.05, 4.69) is 4.74 Å². The molecule has 1 rings (SSSR count). The van der Waals surface area contributed by atoms with Gasteiger partial charge in [0, 0.05) is 5.69 Å². The van der Waals surface area contributed by atoms with Crippen molar-refractivity contribution in [3.8, 4) is 0 Å². The zero-order valence-corrected chi connectivity index (χ0v) is 8.74. The van der Waals surface area contributed by atoms with Gasteiger partial charge in [0.1, 0.15) is 0 Å². The molecule has 0 unspecified atom stereocenters. The van der Waals surface area contributed by atoms with Crippen LogP contribution >= 0.6 is 0 Å². The summed E-state index contributed by atoms with van der Waals surface area (Å²) in [5.74, 6) is 0. The van der Waals surface area contributed by atoms with E-state index in [0.717, 1.165) is 7.11 Å². The van der Waals surface area contributed by atoms with Crippen LogP contribution in [-0.2, 0) is 14.8 Å². The Hall–Kier alpha value is -0.124. The van der Waals surface area contributed by atoms with Crippen molar-refractivity contribution < 1.29 is 17.9 Å². The number of carbonyl (C=O) groups is 1. The SMILES string of the molecule is COC(=O)NS(=O)(=O)c1ccc(N)cc1.[KH]. The van der Waals surface area contributed by atoms with Gasteiger partial charge in [-0.3, -0.25) is 0 Å². The maximum absolute atomic E-state index is 11.5. The number of carbonyl (C=O) groups excluding carboxylic acids is 1. The predicted octanol–water partition coefficient (Wildman–Crippen LogP) is -0.335. The van der Waals surface area contributed by atoms with Gasteiger partial charge >= 0.3 is 57.5 Å². The molecule has 8 heteroatoms. The van der Waals surface area contributed by atoms with Gasteiger partial charge < -0.3 is 10.5 Å². The summed E-state index contributed by atoms with van der Waals surface area (Å²) >= 11 is 0. The summed E-state index contributed by atoms with van der Waals surface area (Å²) in [6.07, 6.45) is -1.04. The average molecular weight is 270 g/mol. The minimum atomic E-state index is -3.87. The number of nitrogen functional groups attached to an aromatic ring is 1. The summed E-state index contributed by atoms with van der Waals surface area (Å²) in [6.45, 7) is 0. The second-order valence-corrected chi connectivity index (χ2v) is 4.35. The molecule has 1 aromatic rings. The van der Waals surface area contributed by atoms with Gasteiger partial charge in [0.25, 0.3) is 10.0 Å². The Morgan fingerprint density at radius 2 is 1.81 bits per heavy atom. The Morgan fingerprint density at radius 3 is 2.25 bits per heavy atom. The van der Waals surface area contributed by atoms with Crippen molar-refractivity contribution in [3.05, 3.63) is 24.3 Å². The number of hydrogen-bond donors (Lipinski definition) is 2. The Morgan fingerprint density at radius 1 is 1.31 bits per heavy atom. The number of methoxy groups -OCH3 is 1. The van der Waals surface area contributed by atoms with Gasteiger partial charge in [-0.2, -0.15) is 0 Å². The van der Waals surface area contributed by atoms with Crippen molar-refractivity contribution in [2.45, 2.75) is 4.90 Å². The van der Waals surface area contributed by atoms with E-state index >= 15 is 0 Å². The van der Waals surface area contributed by atoms with Gasteiger partial charge in [-0.15, -0.1) is 0 Å². The average Bonchev–Trinajstić information content (AvgIpc) is 2.17. The number of nitrogens with two attached hydrogens (primary N) is 1. The molecule has 6 nitrogen and oxygen atoms in total. The molecule has 84 valence electrons. The van der Waals surface area contributed by atoms with Crippen LogP contribution in [0.5, 0.6) is 0 Å². The molecule has 0 aliphatic carbocycles. The first-order valence-electron chi connectivity index (χ1n) is 3.92. The summed E-state index contributed by atoms with van der Waals surface area (Å²) < 4.78 is 28.8. The number of amides is 1. The molecule has 0 aliphatic heterocycles. The predicted molar refractivity (Wildman–Crippen MR) is 60.7 cm³/mol. The number of sulfonamides is 1. The summed E-state index contributed by atoms with van der Waals surface area (Å²) in [6, 6.07) is 5.43. The van der Waals surface area contributed by atoms with Crippen LogP contribution in [0.15, 0.2) is 29.2 Å². The summed E-state index contributed by atoms with van der Waals surface area (Å²) in [5.41, 5.74) is 5.83. The Kier molecular flexibility index (Phi) is 6.52. The Bertz CT molecular complexity index is 457. The van der Waals surface area contributed by atoms with Crippen molar-refractivity contribution >= 4 is 73.2 Å². The minimum absolute atomic E-state index is 0. The molecule has 1 aromatic carbocycles. The van der Waals surface area contributed by atoms with E-state index in [1.54, 1.807) is 4.72 Å². The first kappa shape index (κ1) is 15.9. The molecular formula is C8H11KN2O4S. The third-order valence-corrected chi connectivity index (χ3v) is 2.92. The molecule has 3 N–H and O–H groups in total. The maximum atomic E-state index is 11.5. The van der Waals surface area contributed by atoms with Crippen LogP contribution in [0, 0.1) is 0 Å². The fourth-order valence-corrected chi connectivity index (χ4v) is 1.77. The van der Waals surface area contributed by atoms with Crippen molar-refractivity contribution in [1.82, 2.24) is 4.72 Å². The van der Waals surface area contributed by atoms with E-state index in [0.29, 0.717) is 5.69 Å². The molecule has 0 heterocycles. The zero-order chi connectivity index (χ0) is 11.5. The van der Waals surface area contributed by atoms with Crippen LogP contribution in [0.2, 0.25) is 0 Å². The van der Waals surface area contributed by atoms with Crippen LogP contribution in [0.1, 0.15) is 0 Å². The van der Waals surface area contributed by atoms with Crippen molar-refractivity contribution in [3.63, 3.8) is 0 Å². The number of benzene rings is 1. The van der Waals surface area contributed by atoms with Crippen LogP contribution in [-0.4, -0.2) is 73.0 Å². The number of anilines is 1. The molecule has 0 aromatic heterocycles. The zero-order valence-electron chi connectivity index (χ0n) is 7.93. The molecule has 1 amide bonds. The second-order valence-electron chi connectivity index (χ2n) is 2.67. The van der Waals surface area contributed by atoms with E-state index in [1.807, 2.05) is 0 Å². The molecule has 0 bridgehead atoms. The van der Waals surface area contributed by atoms with Gasteiger partial charge in [-0.05, 0) is 24.3 Å². The topological polar surface area (TPSA) is 98.5 Å². The van der Waals surface area contributed by atoms with Crippen molar-refractivity contribution in [2.75, 3.05) is 12.8 Å². The quantitative estimate of drug-likeness (QED) is 0.566. The summed E-state index contributed by atoms with van der Waals surface area (Å²) in [4.78, 5) is 10.7. The molecule has 16 heavy (non-hydrogen) atoms. The van der Waals surface area contributed by atoms with Crippen LogP contribution in [0.3, 0.4) is 0 Å². The molecule has 0 saturated heterocycles. The van der Waals surface area contributed by atoms with Gasteiger partial charge in [0.05, 0.1) is 12.0 Å². The molecule has 0 spiro atoms. The molecule has 0 aliphatic rings. The fraction of sp³-hybridized carbons (Fsp3) is 0.125. The van der Waals surface area contributed by atoms with Crippen LogP contribution in [0.4, 0.5) is 10.5 Å². The van der Waals surface area contributed by atoms with E-state index in [-0.39, 0.29) is 56.3 Å². The van der Waals surface area contributed by atoms with Gasteiger partial charge in [0.2, 0.25) is 0 Å². The molecule has 0 radical (unpaired) electrons. The van der Waals surface area contributed by atoms with Gasteiger partial charge in [-0.25, -0.2) is 17.9 Å². The first-order valence-corrected chi connectivity index (χ1v) is 5.40. The molecular weight excluding hydrogens is 259 g/mol. The Labute approximate surface area is 136 Å². The number of nitrogens with one attached hydrogen (secondary N) is 1. The summed E-state index contributed by atoms with van der Waals surface area (Å²) in [7, 11) is -2.79. The van der Waals surface area contributed by atoms with Gasteiger partial charge in [-0.1, -0.05) is 0 Å². The molecule has 0 saturated carbocycles. The van der Waals surface area contributed by atoms with Crippen LogP contribution < -0.4 is 10.5 Å². The Balaban J connectivity index is 0.00000225. The van der Waals surface area contributed by atoms with E-state index in [4.69, 9.17) is 5.73 Å². The first-order chi connectivity index (χ1) is 6.95. The standard InChI is InChI=1S/C8H10N2O4S.K.H/c1-14-8(11)10-15(12,13)7-4-2-6(9)3-5-7;;/h2-5H,9H2,1H3,(H,10,11);;. The number of rotatable bonds is 2. The molecule has 0 atom stereocenters. The third-order valence-electron chi connectivity index (χ3n) is 1.59. The number of ether oxygens (including phenoxy) is 1. The van der Waals surface area contributed by atoms with E-state index < -0.39 is 16.1 Å². The van der Waals surface area contributed by atoms with Crippen LogP contribution in [0.25, 0.3) is 0 Å². The monoisotopic (exact) mass is 270 g/mol. The summed E-state index contributed by atoms with van der Waals surface area (Å²) in [5, 5.41) is 0. The third kappa shape index (κ3) is 4.40. The fourth-order valence-electron chi connectivity index (χ4n) is 0.857. The normalized spacial score (nSPS) is 10.1. The number of hydrogen-bond acceptors (Lipinski definition) is 5. The van der Waals surface area contributed by atoms with Gasteiger partial charge in [0.15, 0.2) is 0 Å². The molecule has 0 fully saturated rings.